The van der Waals surface area contributed by atoms with Crippen molar-refractivity contribution < 1.29 is 14.3 Å². The number of pyridine rings is 1. The van der Waals surface area contributed by atoms with Crippen LogP contribution < -0.4 is 5.56 Å². The molecule has 7 nitrogen and oxygen atoms in total. The van der Waals surface area contributed by atoms with Crippen LogP contribution in [-0.4, -0.2) is 40.3 Å². The number of hydrogen-bond donors (Lipinski definition) is 1. The molecule has 2 aromatic heterocycles. The van der Waals surface area contributed by atoms with E-state index in [2.05, 4.69) is 62.4 Å². The molecule has 1 atom stereocenters. The van der Waals surface area contributed by atoms with Crippen LogP contribution in [0.4, 0.5) is 0 Å². The summed E-state index contributed by atoms with van der Waals surface area (Å²) in [5.41, 5.74) is 4.64. The fraction of sp³-hybridized carbons (Fsp3) is 0.581. The Kier molecular flexibility index (Phi) is 8.76. The second-order valence-electron chi connectivity index (χ2n) is 12.4. The fourth-order valence-corrected chi connectivity index (χ4v) is 5.09. The SMILES string of the molecule is Cc1cc(-c2nc3cc(CC[C@H](C(=O)OCC(C)(C)C)C(C)C)ccc3n2CC2CCOCC2)c[nH]c1=O. The summed E-state index contributed by atoms with van der Waals surface area (Å²) < 4.78 is 13.5. The molecule has 1 aliphatic heterocycles. The van der Waals surface area contributed by atoms with E-state index < -0.39 is 0 Å². The molecule has 206 valence electrons. The van der Waals surface area contributed by atoms with E-state index in [0.717, 1.165) is 73.4 Å². The Hall–Kier alpha value is -2.93. The number of rotatable bonds is 9. The predicted molar refractivity (Wildman–Crippen MR) is 151 cm³/mol. The minimum Gasteiger partial charge on any atom is -0.465 e. The van der Waals surface area contributed by atoms with Crippen LogP contribution in [0.1, 0.15) is 65.0 Å². The highest BCUT2D eigenvalue weighted by Gasteiger charge is 2.26. The van der Waals surface area contributed by atoms with Crippen LogP contribution in [0.2, 0.25) is 0 Å². The van der Waals surface area contributed by atoms with Gasteiger partial charge in [-0.3, -0.25) is 9.59 Å². The van der Waals surface area contributed by atoms with Crippen LogP contribution in [-0.2, 0) is 27.2 Å². The molecular weight excluding hydrogens is 478 g/mol. The van der Waals surface area contributed by atoms with Crippen molar-refractivity contribution in [3.8, 4) is 11.4 Å². The highest BCUT2D eigenvalue weighted by atomic mass is 16.5. The molecule has 0 radical (unpaired) electrons. The summed E-state index contributed by atoms with van der Waals surface area (Å²) in [6.45, 7) is 15.1. The number of H-pyrrole nitrogens is 1. The third-order valence-corrected chi connectivity index (χ3v) is 7.44. The zero-order chi connectivity index (χ0) is 27.4. The van der Waals surface area contributed by atoms with Gasteiger partial charge in [0.1, 0.15) is 5.82 Å². The van der Waals surface area contributed by atoms with Gasteiger partial charge in [0.25, 0.3) is 5.56 Å². The third-order valence-electron chi connectivity index (χ3n) is 7.44. The lowest BCUT2D eigenvalue weighted by Crippen LogP contribution is -2.27. The molecule has 0 aliphatic carbocycles. The maximum atomic E-state index is 12.8. The lowest BCUT2D eigenvalue weighted by atomic mass is 9.89. The maximum Gasteiger partial charge on any atom is 0.309 e. The summed E-state index contributed by atoms with van der Waals surface area (Å²) in [6.07, 6.45) is 5.34. The standard InChI is InChI=1S/C31H43N3O4/c1-20(2)25(30(36)38-19-31(4,5)6)9-7-22-8-10-27-26(16-22)33-28(24-15-21(3)29(35)32-17-24)34(27)18-23-11-13-37-14-12-23/h8,10,15-17,20,23,25H,7,9,11-14,18-19H2,1-6H3,(H,32,35)/t25-/m0/s1. The van der Waals surface area contributed by atoms with Crippen molar-refractivity contribution in [1.82, 2.24) is 14.5 Å². The Morgan fingerprint density at radius 3 is 2.61 bits per heavy atom. The highest BCUT2D eigenvalue weighted by Crippen LogP contribution is 2.30. The molecule has 0 spiro atoms. The molecule has 0 bridgehead atoms. The first kappa shape index (κ1) is 28.1. The number of aryl methyl sites for hydroxylation is 2. The first-order valence-corrected chi connectivity index (χ1v) is 13.9. The number of fused-ring (bicyclic) bond motifs is 1. The molecule has 1 saturated heterocycles. The minimum atomic E-state index is -0.140. The molecule has 38 heavy (non-hydrogen) atoms. The molecule has 3 heterocycles. The van der Waals surface area contributed by atoms with E-state index in [1.54, 1.807) is 6.20 Å². The summed E-state index contributed by atoms with van der Waals surface area (Å²) in [5.74, 6) is 1.36. The Balaban J connectivity index is 1.60. The van der Waals surface area contributed by atoms with Gasteiger partial charge in [0.15, 0.2) is 0 Å². The van der Waals surface area contributed by atoms with Gasteiger partial charge >= 0.3 is 5.97 Å². The van der Waals surface area contributed by atoms with Gasteiger partial charge in [0.2, 0.25) is 0 Å². The van der Waals surface area contributed by atoms with Crippen molar-refractivity contribution in [1.29, 1.82) is 0 Å². The monoisotopic (exact) mass is 521 g/mol. The number of benzene rings is 1. The van der Waals surface area contributed by atoms with E-state index in [0.29, 0.717) is 18.1 Å². The second-order valence-corrected chi connectivity index (χ2v) is 12.4. The fourth-order valence-electron chi connectivity index (χ4n) is 5.09. The Bertz CT molecular complexity index is 1310. The van der Waals surface area contributed by atoms with Crippen LogP contribution in [0.15, 0.2) is 35.3 Å². The Morgan fingerprint density at radius 1 is 1.21 bits per heavy atom. The summed E-state index contributed by atoms with van der Waals surface area (Å²) in [5, 5.41) is 0. The van der Waals surface area contributed by atoms with Gasteiger partial charge in [-0.15, -0.1) is 0 Å². The van der Waals surface area contributed by atoms with Gasteiger partial charge in [0.05, 0.1) is 23.6 Å². The number of aromatic amines is 1. The van der Waals surface area contributed by atoms with Gasteiger partial charge in [0, 0.05) is 37.1 Å². The molecule has 4 rings (SSSR count). The molecule has 3 aromatic rings. The van der Waals surface area contributed by atoms with Gasteiger partial charge in [-0.1, -0.05) is 40.7 Å². The molecule has 1 fully saturated rings. The van der Waals surface area contributed by atoms with Crippen molar-refractivity contribution in [2.75, 3.05) is 19.8 Å². The summed E-state index contributed by atoms with van der Waals surface area (Å²) in [7, 11) is 0. The summed E-state index contributed by atoms with van der Waals surface area (Å²) in [4.78, 5) is 32.7. The van der Waals surface area contributed by atoms with Gasteiger partial charge < -0.3 is 19.0 Å². The van der Waals surface area contributed by atoms with Gasteiger partial charge in [-0.2, -0.15) is 0 Å². The quantitative estimate of drug-likeness (QED) is 0.353. The van der Waals surface area contributed by atoms with Crippen LogP contribution >= 0.6 is 0 Å². The normalized spacial score (nSPS) is 15.8. The van der Waals surface area contributed by atoms with Gasteiger partial charge in [-0.25, -0.2) is 4.98 Å². The molecule has 0 saturated carbocycles. The minimum absolute atomic E-state index is 0.0479. The van der Waals surface area contributed by atoms with E-state index in [9.17, 15) is 9.59 Å². The molecule has 1 aliphatic rings. The second kappa shape index (κ2) is 11.9. The topological polar surface area (TPSA) is 86.2 Å². The number of carbonyl (C=O) groups excluding carboxylic acids is 1. The first-order chi connectivity index (χ1) is 18.0. The Morgan fingerprint density at radius 2 is 1.95 bits per heavy atom. The van der Waals surface area contributed by atoms with Crippen LogP contribution in [0.25, 0.3) is 22.4 Å². The van der Waals surface area contributed by atoms with E-state index in [1.807, 2.05) is 13.0 Å². The summed E-state index contributed by atoms with van der Waals surface area (Å²) in [6, 6.07) is 8.37. The van der Waals surface area contributed by atoms with Gasteiger partial charge in [-0.05, 0) is 73.6 Å². The van der Waals surface area contributed by atoms with E-state index >= 15 is 0 Å². The lowest BCUT2D eigenvalue weighted by Gasteiger charge is -2.24. The van der Waals surface area contributed by atoms with Crippen LogP contribution in [0, 0.1) is 30.1 Å². The number of hydrogen-bond acceptors (Lipinski definition) is 5. The van der Waals surface area contributed by atoms with Crippen molar-refractivity contribution in [2.45, 2.75) is 73.8 Å². The first-order valence-electron chi connectivity index (χ1n) is 13.9. The smallest absolute Gasteiger partial charge is 0.309 e. The number of aromatic nitrogens is 3. The predicted octanol–water partition coefficient (Wildman–Crippen LogP) is 5.92. The summed E-state index contributed by atoms with van der Waals surface area (Å²) >= 11 is 0. The third kappa shape index (κ3) is 6.93. The van der Waals surface area contributed by atoms with Crippen LogP contribution in [0.5, 0.6) is 0 Å². The Labute approximate surface area is 226 Å². The van der Waals surface area contributed by atoms with Crippen molar-refractivity contribution >= 4 is 17.0 Å². The molecule has 7 heteroatoms. The average molecular weight is 522 g/mol. The van der Waals surface area contributed by atoms with Crippen molar-refractivity contribution in [3.05, 3.63) is 51.9 Å². The zero-order valence-electron chi connectivity index (χ0n) is 23.8. The van der Waals surface area contributed by atoms with E-state index in [1.165, 1.54) is 0 Å². The molecule has 0 amide bonds. The number of imidazole rings is 1. The molecule has 1 N–H and O–H groups in total. The van der Waals surface area contributed by atoms with Crippen LogP contribution in [0.3, 0.4) is 0 Å². The van der Waals surface area contributed by atoms with Crippen molar-refractivity contribution in [3.63, 3.8) is 0 Å². The number of esters is 1. The molecular formula is C31H43N3O4. The molecule has 0 unspecified atom stereocenters. The van der Waals surface area contributed by atoms with Crippen molar-refractivity contribution in [2.24, 2.45) is 23.2 Å². The van der Waals surface area contributed by atoms with E-state index in [-0.39, 0.29) is 28.8 Å². The number of nitrogens with zero attached hydrogens (tertiary/aromatic N) is 2. The maximum absolute atomic E-state index is 12.8. The molecule has 1 aromatic carbocycles. The largest absolute Gasteiger partial charge is 0.465 e. The lowest BCUT2D eigenvalue weighted by molar-refractivity contribution is -0.153. The van der Waals surface area contributed by atoms with E-state index in [4.69, 9.17) is 14.5 Å². The number of ether oxygens (including phenoxy) is 2. The number of carbonyl (C=O) groups is 1. The number of nitrogens with one attached hydrogen (secondary N) is 1. The highest BCUT2D eigenvalue weighted by molar-refractivity contribution is 5.81. The average Bonchev–Trinajstić information content (AvgIpc) is 3.22. The zero-order valence-corrected chi connectivity index (χ0v) is 23.8.